The minimum atomic E-state index is -0.125. The fraction of sp³-hybridized carbons (Fsp3) is 0.0423. The molecule has 18 heteroatoms. The maximum Gasteiger partial charge on any atom is 0.155 e. The van der Waals surface area contributed by atoms with Crippen LogP contribution >= 0.6 is 23.7 Å². The normalized spacial score (nSPS) is 9.36. The van der Waals surface area contributed by atoms with E-state index >= 15 is 0 Å². The molecular formula is C71H59ClIr5N9O2S-5. The summed E-state index contributed by atoms with van der Waals surface area (Å²) in [5.41, 5.74) is 12.2. The Bertz CT molecular complexity index is 3580. The SMILES string of the molecule is CC(=O)C=C(C)O.Cc1c[c-]c(-c2ccccn2)cc1.Cl.[Ir].[Ir].[Ir].[Ir].[Ir].[c-]1ccccc1-c1cccc(-c2ccccc2)n1.[c-]1ccccc1-c1ccccn1.[c-]1ccccc1-n1cccn1.[c-]1ccsc1-n1cccn1.c1ccc(-c2ccccn2)nc1. The molecule has 0 amide bonds. The largest absolute Gasteiger partial charge is 0.512 e. The number of hydrogen-bond acceptors (Lipinski definition) is 10. The number of rotatable bonds is 8. The van der Waals surface area contributed by atoms with Crippen LogP contribution in [0.2, 0.25) is 0 Å². The third kappa shape index (κ3) is 29.7. The van der Waals surface area contributed by atoms with Crippen molar-refractivity contribution in [3.63, 3.8) is 0 Å². The molecule has 13 rings (SSSR count). The molecule has 0 unspecified atom stereocenters. The van der Waals surface area contributed by atoms with Gasteiger partial charge < -0.3 is 15.1 Å². The first-order valence-corrected chi connectivity index (χ1v) is 27.1. The molecule has 89 heavy (non-hydrogen) atoms. The summed E-state index contributed by atoms with van der Waals surface area (Å²) in [4.78, 5) is 31.5. The summed E-state index contributed by atoms with van der Waals surface area (Å²) >= 11 is 1.63. The molecule has 8 aromatic heterocycles. The Hall–Kier alpha value is -7.28. The van der Waals surface area contributed by atoms with Crippen molar-refractivity contribution in [2.75, 3.05) is 0 Å². The summed E-state index contributed by atoms with van der Waals surface area (Å²) in [5.74, 6) is -0.0625. The first-order chi connectivity index (χ1) is 40.8. The number of aromatic nitrogens is 9. The van der Waals surface area contributed by atoms with Crippen molar-refractivity contribution in [2.45, 2.75) is 20.8 Å². The van der Waals surface area contributed by atoms with Crippen molar-refractivity contribution >= 4 is 29.5 Å². The summed E-state index contributed by atoms with van der Waals surface area (Å²) in [5, 5.41) is 19.5. The number of benzene rings is 5. The average molecular weight is 2100 g/mol. The van der Waals surface area contributed by atoms with Crippen molar-refractivity contribution in [3.8, 4) is 67.1 Å². The molecule has 5 radical (unpaired) electrons. The number of hydrogen-bond donors (Lipinski definition) is 1. The van der Waals surface area contributed by atoms with Gasteiger partial charge in [0.2, 0.25) is 0 Å². The second-order valence-electron chi connectivity index (χ2n) is 17.4. The van der Waals surface area contributed by atoms with Gasteiger partial charge in [-0.15, -0.1) is 126 Å². The zero-order chi connectivity index (χ0) is 57.9. The molecule has 0 aliphatic rings. The van der Waals surface area contributed by atoms with Crippen molar-refractivity contribution in [2.24, 2.45) is 0 Å². The van der Waals surface area contributed by atoms with Crippen LogP contribution < -0.4 is 0 Å². The monoisotopic (exact) mass is 2100 g/mol. The minimum Gasteiger partial charge on any atom is -0.512 e. The molecular weight excluding hydrogens is 2040 g/mol. The molecule has 8 heterocycles. The summed E-state index contributed by atoms with van der Waals surface area (Å²) in [7, 11) is 0. The number of aliphatic hydroxyl groups excluding tert-OH is 1. The van der Waals surface area contributed by atoms with E-state index in [1.807, 2.05) is 230 Å². The smallest absolute Gasteiger partial charge is 0.155 e. The number of aliphatic hydroxyl groups is 1. The van der Waals surface area contributed by atoms with Crippen LogP contribution in [0.4, 0.5) is 0 Å². The van der Waals surface area contributed by atoms with Gasteiger partial charge in [-0.3, -0.25) is 29.1 Å². The third-order valence-corrected chi connectivity index (χ3v) is 11.8. The molecule has 1 N–H and O–H groups in total. The van der Waals surface area contributed by atoms with E-state index < -0.39 is 0 Å². The summed E-state index contributed by atoms with van der Waals surface area (Å²) in [6, 6.07) is 90.5. The van der Waals surface area contributed by atoms with E-state index in [0.29, 0.717) is 0 Å². The zero-order valence-corrected chi connectivity index (χ0v) is 61.7. The van der Waals surface area contributed by atoms with Crippen LogP contribution in [0.1, 0.15) is 19.4 Å². The summed E-state index contributed by atoms with van der Waals surface area (Å²) in [6.45, 7) is 4.90. The first-order valence-electron chi connectivity index (χ1n) is 26.2. The van der Waals surface area contributed by atoms with Crippen LogP contribution in [0.25, 0.3) is 67.1 Å². The van der Waals surface area contributed by atoms with E-state index in [1.165, 1.54) is 25.5 Å². The van der Waals surface area contributed by atoms with E-state index in [-0.39, 0.29) is 124 Å². The number of para-hydroxylation sites is 1. The van der Waals surface area contributed by atoms with Gasteiger partial charge in [0.05, 0.1) is 22.8 Å². The van der Waals surface area contributed by atoms with Gasteiger partial charge in [0.1, 0.15) is 0 Å². The maximum atomic E-state index is 10.0. The van der Waals surface area contributed by atoms with Gasteiger partial charge in [0.25, 0.3) is 0 Å². The molecule has 0 saturated heterocycles. The number of allylic oxidation sites excluding steroid dienone is 2. The maximum absolute atomic E-state index is 10.0. The van der Waals surface area contributed by atoms with Crippen LogP contribution in [-0.2, 0) is 105 Å². The molecule has 13 aromatic rings. The van der Waals surface area contributed by atoms with Gasteiger partial charge in [-0.25, -0.2) is 23.5 Å². The number of nitrogens with zero attached hydrogens (tertiary/aromatic N) is 9. The van der Waals surface area contributed by atoms with Crippen molar-refractivity contribution in [1.29, 1.82) is 0 Å². The van der Waals surface area contributed by atoms with E-state index in [9.17, 15) is 4.79 Å². The second kappa shape index (κ2) is 46.8. The molecule has 0 atom stereocenters. The number of ketones is 1. The second-order valence-corrected chi connectivity index (χ2v) is 18.3. The number of carbonyl (C=O) groups is 1. The Morgan fingerprint density at radius 3 is 1.30 bits per heavy atom. The molecule has 0 aliphatic heterocycles. The molecule has 0 spiro atoms. The van der Waals surface area contributed by atoms with Gasteiger partial charge in [-0.2, -0.15) is 39.8 Å². The van der Waals surface area contributed by atoms with Gasteiger partial charge in [-0.05, 0) is 96.8 Å². The van der Waals surface area contributed by atoms with Crippen LogP contribution in [0.5, 0.6) is 0 Å². The standard InChI is InChI=1S/C17H12N.C12H10N.C11H8N.C10H8N2.C9H7N2.C7H5N2S.C5H8O2.ClH.5Ir/c1-3-8-14(9-4-1)16-12-7-13-17(18-16)15-10-5-2-6-11-15;1-10-5-7-11(8-6-10)12-4-2-3-9-13-12;1-2-6-10(7-3-1)11-8-4-5-9-12-11;1-3-7-11-9(5-1)10-6-2-4-8-12-10;1-2-5-9(6-3-1)11-8-4-7-10-11;1-3-7(10-6-1)9-5-2-4-8-9;1-4(6)3-5(2)7;;;;;;/h1-10,12-13H;2-7,9H,1H3;1-6,8-9H;1-8H;1-5,7-8H;1-2,4-6H;3,6H,1-2H3;1H;;;;;/q3*-1;;2*-1;;;;;;;. The Balaban J connectivity index is 0.000000521. The molecule has 0 saturated carbocycles. The van der Waals surface area contributed by atoms with Gasteiger partial charge in [0, 0.05) is 161 Å². The summed E-state index contributed by atoms with van der Waals surface area (Å²) in [6.07, 6.45) is 15.6. The predicted molar refractivity (Wildman–Crippen MR) is 340 cm³/mol. The molecule has 5 aromatic carbocycles. The van der Waals surface area contributed by atoms with Crippen molar-refractivity contribution in [3.05, 3.63) is 333 Å². The fourth-order valence-electron chi connectivity index (χ4n) is 7.17. The van der Waals surface area contributed by atoms with E-state index in [1.54, 1.807) is 57.9 Å². The minimum absolute atomic E-state index is 0. The van der Waals surface area contributed by atoms with Crippen LogP contribution in [0.3, 0.4) is 0 Å². The van der Waals surface area contributed by atoms with Crippen molar-refractivity contribution < 1.29 is 110 Å². The van der Waals surface area contributed by atoms with Gasteiger partial charge >= 0.3 is 0 Å². The Labute approximate surface area is 599 Å². The summed E-state index contributed by atoms with van der Waals surface area (Å²) < 4.78 is 3.57. The van der Waals surface area contributed by atoms with Crippen molar-refractivity contribution in [1.82, 2.24) is 44.5 Å². The number of carbonyl (C=O) groups excluding carboxylic acids is 1. The third-order valence-electron chi connectivity index (χ3n) is 11.0. The Morgan fingerprint density at radius 1 is 0.438 bits per heavy atom. The quantitative estimate of drug-likeness (QED) is 0.0895. The number of thiophene rings is 1. The molecule has 463 valence electrons. The zero-order valence-electron chi connectivity index (χ0n) is 48.1. The van der Waals surface area contributed by atoms with E-state index in [2.05, 4.69) is 90.6 Å². The van der Waals surface area contributed by atoms with Crippen LogP contribution in [0.15, 0.2) is 297 Å². The molecule has 11 nitrogen and oxygen atoms in total. The number of aryl methyl sites for hydroxylation is 1. The van der Waals surface area contributed by atoms with Gasteiger partial charge in [-0.1, -0.05) is 85.8 Å². The Kier molecular flexibility index (Phi) is 41.9. The van der Waals surface area contributed by atoms with Crippen LogP contribution in [0, 0.1) is 37.3 Å². The fourth-order valence-corrected chi connectivity index (χ4v) is 7.79. The molecule has 0 aliphatic carbocycles. The molecule has 0 bridgehead atoms. The number of pyridine rings is 5. The Morgan fingerprint density at radius 2 is 0.899 bits per heavy atom. The van der Waals surface area contributed by atoms with Crippen LogP contribution in [-0.4, -0.2) is 55.4 Å². The topological polar surface area (TPSA) is 137 Å². The average Bonchev–Trinajstić information content (AvgIpc) is 4.62. The number of halogens is 1. The first kappa shape index (κ1) is 79.7. The van der Waals surface area contributed by atoms with E-state index in [4.69, 9.17) is 5.11 Å². The predicted octanol–water partition coefficient (Wildman–Crippen LogP) is 16.6. The van der Waals surface area contributed by atoms with E-state index in [0.717, 1.165) is 67.1 Å². The van der Waals surface area contributed by atoms with Gasteiger partial charge in [0.15, 0.2) is 5.78 Å². The molecule has 0 fully saturated rings.